The highest BCUT2D eigenvalue weighted by atomic mass is 31.0. The molecule has 0 saturated carbocycles. The number of rotatable bonds is 5. The molecule has 11 heavy (non-hydrogen) atoms. The first-order chi connectivity index (χ1) is 5.12. The van der Waals surface area contributed by atoms with Crippen LogP contribution in [0.15, 0.2) is 0 Å². The van der Waals surface area contributed by atoms with Crippen LogP contribution in [0.25, 0.3) is 0 Å². The second-order valence-corrected chi connectivity index (χ2v) is 4.06. The SMILES string of the molecule is C#CCCC[N+](C)(C)CCP. The minimum atomic E-state index is 0.915. The van der Waals surface area contributed by atoms with Crippen molar-refractivity contribution < 1.29 is 4.48 Å². The molecule has 0 bridgehead atoms. The van der Waals surface area contributed by atoms with Crippen LogP contribution >= 0.6 is 9.24 Å². The molecule has 0 saturated heterocycles. The van der Waals surface area contributed by atoms with E-state index in [0.717, 1.165) is 17.3 Å². The maximum absolute atomic E-state index is 5.17. The summed E-state index contributed by atoms with van der Waals surface area (Å²) in [7, 11) is 7.26. The van der Waals surface area contributed by atoms with E-state index in [1.54, 1.807) is 0 Å². The Labute approximate surface area is 73.0 Å². The summed E-state index contributed by atoms with van der Waals surface area (Å²) in [6, 6.07) is 0. The molecule has 0 aromatic heterocycles. The van der Waals surface area contributed by atoms with Crippen molar-refractivity contribution in [1.29, 1.82) is 0 Å². The van der Waals surface area contributed by atoms with Gasteiger partial charge in [0.2, 0.25) is 0 Å². The van der Waals surface area contributed by atoms with Gasteiger partial charge in [-0.05, 0) is 0 Å². The summed E-state index contributed by atoms with van der Waals surface area (Å²) in [5, 5.41) is 0. The van der Waals surface area contributed by atoms with Gasteiger partial charge in [-0.25, -0.2) is 0 Å². The second-order valence-electron chi connectivity index (χ2n) is 3.48. The van der Waals surface area contributed by atoms with Gasteiger partial charge in [0, 0.05) is 19.0 Å². The molecule has 64 valence electrons. The van der Waals surface area contributed by atoms with Crippen molar-refractivity contribution in [3.05, 3.63) is 0 Å². The van der Waals surface area contributed by atoms with Crippen molar-refractivity contribution in [2.24, 2.45) is 0 Å². The average Bonchev–Trinajstić information content (AvgIpc) is 1.87. The number of quaternary nitrogens is 1. The Balaban J connectivity index is 3.48. The van der Waals surface area contributed by atoms with Gasteiger partial charge in [-0.1, -0.05) is 0 Å². The highest BCUT2D eigenvalue weighted by Crippen LogP contribution is 2.02. The normalized spacial score (nSPS) is 11.1. The zero-order chi connectivity index (χ0) is 8.74. The molecule has 2 heteroatoms. The Bertz CT molecular complexity index is 135. The van der Waals surface area contributed by atoms with Gasteiger partial charge in [-0.2, -0.15) is 0 Å². The zero-order valence-corrected chi connectivity index (χ0v) is 8.79. The topological polar surface area (TPSA) is 0 Å². The summed E-state index contributed by atoms with van der Waals surface area (Å²) in [5.74, 6) is 2.67. The fourth-order valence-electron chi connectivity index (χ4n) is 1.07. The lowest BCUT2D eigenvalue weighted by atomic mass is 10.3. The molecule has 0 radical (unpaired) electrons. The lowest BCUT2D eigenvalue weighted by Gasteiger charge is -2.28. The van der Waals surface area contributed by atoms with Crippen LogP contribution in [0.5, 0.6) is 0 Å². The summed E-state index contributed by atoms with van der Waals surface area (Å²) in [6.45, 7) is 2.41. The molecule has 0 aliphatic heterocycles. The fourth-order valence-corrected chi connectivity index (χ4v) is 1.77. The predicted octanol–water partition coefficient (Wildman–Crippen LogP) is 1.35. The van der Waals surface area contributed by atoms with E-state index in [9.17, 15) is 0 Å². The first kappa shape index (κ1) is 11.0. The molecule has 0 amide bonds. The third-order valence-electron chi connectivity index (χ3n) is 1.82. The monoisotopic (exact) mass is 172 g/mol. The molecule has 0 aliphatic rings. The van der Waals surface area contributed by atoms with E-state index in [0.29, 0.717) is 0 Å². The van der Waals surface area contributed by atoms with Gasteiger partial charge in [0.05, 0.1) is 27.2 Å². The third-order valence-corrected chi connectivity index (χ3v) is 2.08. The summed E-state index contributed by atoms with van der Waals surface area (Å²) >= 11 is 0. The van der Waals surface area contributed by atoms with Crippen LogP contribution in [0.4, 0.5) is 0 Å². The van der Waals surface area contributed by atoms with Crippen molar-refractivity contribution in [3.63, 3.8) is 0 Å². The van der Waals surface area contributed by atoms with Crippen molar-refractivity contribution in [2.75, 3.05) is 33.3 Å². The van der Waals surface area contributed by atoms with E-state index in [2.05, 4.69) is 29.3 Å². The van der Waals surface area contributed by atoms with Crippen LogP contribution < -0.4 is 0 Å². The van der Waals surface area contributed by atoms with Gasteiger partial charge in [-0.3, -0.25) is 0 Å². The quantitative estimate of drug-likeness (QED) is 0.254. The van der Waals surface area contributed by atoms with Gasteiger partial charge in [0.15, 0.2) is 0 Å². The van der Waals surface area contributed by atoms with Gasteiger partial charge in [0.1, 0.15) is 0 Å². The van der Waals surface area contributed by atoms with Crippen LogP contribution in [0.1, 0.15) is 12.8 Å². The third kappa shape index (κ3) is 6.35. The van der Waals surface area contributed by atoms with Crippen LogP contribution in [-0.4, -0.2) is 37.8 Å². The van der Waals surface area contributed by atoms with Gasteiger partial charge >= 0.3 is 0 Å². The van der Waals surface area contributed by atoms with E-state index in [1.807, 2.05) is 0 Å². The summed E-state index contributed by atoms with van der Waals surface area (Å²) in [4.78, 5) is 0. The molecule has 1 atom stereocenters. The highest BCUT2D eigenvalue weighted by molar-refractivity contribution is 7.16. The first-order valence-corrected chi connectivity index (χ1v) is 4.89. The van der Waals surface area contributed by atoms with Gasteiger partial charge in [0.25, 0.3) is 0 Å². The molecule has 1 nitrogen and oxygen atoms in total. The Morgan fingerprint density at radius 3 is 2.45 bits per heavy atom. The summed E-state index contributed by atoms with van der Waals surface area (Å²) in [5.41, 5.74) is 0. The molecular weight excluding hydrogens is 153 g/mol. The number of unbranched alkanes of at least 4 members (excludes halogenated alkanes) is 1. The molecule has 1 unspecified atom stereocenters. The Hall–Kier alpha value is -0.0500. The highest BCUT2D eigenvalue weighted by Gasteiger charge is 2.11. The van der Waals surface area contributed by atoms with Crippen LogP contribution in [0.3, 0.4) is 0 Å². The van der Waals surface area contributed by atoms with E-state index >= 15 is 0 Å². The number of nitrogens with zero attached hydrogens (tertiary/aromatic N) is 1. The van der Waals surface area contributed by atoms with Crippen molar-refractivity contribution in [2.45, 2.75) is 12.8 Å². The van der Waals surface area contributed by atoms with Gasteiger partial charge in [-0.15, -0.1) is 21.6 Å². The van der Waals surface area contributed by atoms with Crippen molar-refractivity contribution in [1.82, 2.24) is 0 Å². The summed E-state index contributed by atoms with van der Waals surface area (Å²) < 4.78 is 1.09. The molecule has 0 rings (SSSR count). The molecule has 0 aliphatic carbocycles. The van der Waals surface area contributed by atoms with E-state index in [-0.39, 0.29) is 0 Å². The molecule has 0 aromatic rings. The lowest BCUT2D eigenvalue weighted by Crippen LogP contribution is -2.41. The minimum Gasteiger partial charge on any atom is -0.328 e. The minimum absolute atomic E-state index is 0.915. The molecule has 0 aromatic carbocycles. The number of hydrogen-bond donors (Lipinski definition) is 0. The van der Waals surface area contributed by atoms with Gasteiger partial charge < -0.3 is 4.48 Å². The van der Waals surface area contributed by atoms with Crippen LogP contribution in [-0.2, 0) is 0 Å². The predicted molar refractivity (Wildman–Crippen MR) is 54.5 cm³/mol. The maximum atomic E-state index is 5.17. The molecule has 0 spiro atoms. The number of terminal acetylenes is 1. The van der Waals surface area contributed by atoms with E-state index < -0.39 is 0 Å². The van der Waals surface area contributed by atoms with E-state index in [4.69, 9.17) is 6.42 Å². The van der Waals surface area contributed by atoms with Crippen molar-refractivity contribution in [3.8, 4) is 12.3 Å². The molecule has 0 N–H and O–H groups in total. The zero-order valence-electron chi connectivity index (χ0n) is 7.64. The summed E-state index contributed by atoms with van der Waals surface area (Å²) in [6.07, 6.45) is 8.40. The largest absolute Gasteiger partial charge is 0.328 e. The molecule has 0 fully saturated rings. The smallest absolute Gasteiger partial charge is 0.0817 e. The standard InChI is InChI=1S/C9H19NP/c1-4-5-6-7-10(2,3)8-9-11/h1H,5-9,11H2,2-3H3/q+1. The Kier molecular flexibility index (Phi) is 5.56. The fraction of sp³-hybridized carbons (Fsp3) is 0.778. The first-order valence-electron chi connectivity index (χ1n) is 4.08. The van der Waals surface area contributed by atoms with Crippen LogP contribution in [0.2, 0.25) is 0 Å². The lowest BCUT2D eigenvalue weighted by molar-refractivity contribution is -0.888. The second kappa shape index (κ2) is 5.58. The molecular formula is C9H19NP+. The number of hydrogen-bond acceptors (Lipinski definition) is 0. The maximum Gasteiger partial charge on any atom is 0.0817 e. The molecule has 0 heterocycles. The Morgan fingerprint density at radius 2 is 2.00 bits per heavy atom. The van der Waals surface area contributed by atoms with E-state index in [1.165, 1.54) is 19.3 Å². The Morgan fingerprint density at radius 1 is 1.36 bits per heavy atom. The van der Waals surface area contributed by atoms with Crippen molar-refractivity contribution >= 4 is 9.24 Å². The van der Waals surface area contributed by atoms with Crippen LogP contribution in [0, 0.1) is 12.3 Å². The average molecular weight is 172 g/mol.